The maximum absolute atomic E-state index is 9.95. The van der Waals surface area contributed by atoms with Crippen molar-refractivity contribution in [2.45, 2.75) is 30.7 Å². The van der Waals surface area contributed by atoms with Crippen LogP contribution in [-0.2, 0) is 4.74 Å². The van der Waals surface area contributed by atoms with Crippen LogP contribution in [0.15, 0.2) is 42.5 Å². The second-order valence-electron chi connectivity index (χ2n) is 5.32. The van der Waals surface area contributed by atoms with Crippen LogP contribution in [0.4, 0.5) is 0 Å². The Morgan fingerprint density at radius 3 is 2.36 bits per heavy atom. The SMILES string of the molecule is OCC1O[C@@H](Oc2ccc3ccccc3c2)C(O)[C@H](O)[C@@H]1O. The van der Waals surface area contributed by atoms with E-state index in [4.69, 9.17) is 14.6 Å². The minimum absolute atomic E-state index is 0.461. The molecule has 1 fully saturated rings. The average molecular weight is 306 g/mol. The molecule has 0 radical (unpaired) electrons. The summed E-state index contributed by atoms with van der Waals surface area (Å²) in [7, 11) is 0. The van der Waals surface area contributed by atoms with E-state index < -0.39 is 37.3 Å². The Hall–Kier alpha value is -1.70. The third-order valence-electron chi connectivity index (χ3n) is 3.82. The highest BCUT2D eigenvalue weighted by atomic mass is 16.7. The lowest BCUT2D eigenvalue weighted by atomic mass is 9.99. The van der Waals surface area contributed by atoms with Gasteiger partial charge in [0.05, 0.1) is 6.61 Å². The molecule has 2 unspecified atom stereocenters. The minimum Gasteiger partial charge on any atom is -0.462 e. The van der Waals surface area contributed by atoms with Gasteiger partial charge in [0.1, 0.15) is 30.2 Å². The Bertz CT molecular complexity index is 643. The molecule has 0 aromatic heterocycles. The number of hydrogen-bond donors (Lipinski definition) is 4. The van der Waals surface area contributed by atoms with Crippen molar-refractivity contribution in [3.63, 3.8) is 0 Å². The molecule has 22 heavy (non-hydrogen) atoms. The predicted molar refractivity (Wildman–Crippen MR) is 78.3 cm³/mol. The molecule has 1 saturated heterocycles. The van der Waals surface area contributed by atoms with Crippen molar-refractivity contribution in [2.75, 3.05) is 6.61 Å². The van der Waals surface area contributed by atoms with Crippen LogP contribution < -0.4 is 4.74 Å². The fraction of sp³-hybridized carbons (Fsp3) is 0.375. The van der Waals surface area contributed by atoms with Crippen LogP contribution in [0.5, 0.6) is 5.75 Å². The zero-order chi connectivity index (χ0) is 15.7. The van der Waals surface area contributed by atoms with Crippen LogP contribution in [0.25, 0.3) is 10.8 Å². The van der Waals surface area contributed by atoms with Gasteiger partial charge in [0, 0.05) is 0 Å². The Balaban J connectivity index is 1.80. The van der Waals surface area contributed by atoms with Crippen LogP contribution in [0.2, 0.25) is 0 Å². The summed E-state index contributed by atoms with van der Waals surface area (Å²) >= 11 is 0. The molecule has 1 aliphatic rings. The number of benzene rings is 2. The van der Waals surface area contributed by atoms with E-state index in [0.717, 1.165) is 10.8 Å². The van der Waals surface area contributed by atoms with Gasteiger partial charge in [-0.15, -0.1) is 0 Å². The molecule has 0 saturated carbocycles. The minimum atomic E-state index is -1.45. The normalized spacial score (nSPS) is 32.1. The van der Waals surface area contributed by atoms with E-state index in [1.54, 1.807) is 12.1 Å². The quantitative estimate of drug-likeness (QED) is 0.638. The van der Waals surface area contributed by atoms with Crippen molar-refractivity contribution < 1.29 is 29.9 Å². The largest absolute Gasteiger partial charge is 0.462 e. The molecule has 0 amide bonds. The van der Waals surface area contributed by atoms with Crippen molar-refractivity contribution in [3.05, 3.63) is 42.5 Å². The molecule has 2 aromatic rings. The summed E-state index contributed by atoms with van der Waals surface area (Å²) in [4.78, 5) is 0. The van der Waals surface area contributed by atoms with Crippen molar-refractivity contribution in [3.8, 4) is 5.75 Å². The Morgan fingerprint density at radius 2 is 1.64 bits per heavy atom. The monoisotopic (exact) mass is 306 g/mol. The van der Waals surface area contributed by atoms with Crippen molar-refractivity contribution >= 4 is 10.8 Å². The molecule has 5 atom stereocenters. The molecule has 6 nitrogen and oxygen atoms in total. The lowest BCUT2D eigenvalue weighted by Gasteiger charge is -2.39. The lowest BCUT2D eigenvalue weighted by molar-refractivity contribution is -0.277. The molecule has 0 bridgehead atoms. The maximum Gasteiger partial charge on any atom is 0.229 e. The van der Waals surface area contributed by atoms with E-state index in [1.807, 2.05) is 30.3 Å². The van der Waals surface area contributed by atoms with E-state index in [1.165, 1.54) is 0 Å². The Kier molecular flexibility index (Phi) is 4.28. The number of rotatable bonds is 3. The molecule has 1 aliphatic heterocycles. The molecular formula is C16H18O6. The highest BCUT2D eigenvalue weighted by Gasteiger charge is 2.44. The highest BCUT2D eigenvalue weighted by Crippen LogP contribution is 2.26. The van der Waals surface area contributed by atoms with Crippen molar-refractivity contribution in [1.82, 2.24) is 0 Å². The van der Waals surface area contributed by atoms with Gasteiger partial charge in [0.25, 0.3) is 0 Å². The van der Waals surface area contributed by atoms with Crippen LogP contribution in [0, 0.1) is 0 Å². The van der Waals surface area contributed by atoms with E-state index in [0.29, 0.717) is 5.75 Å². The molecule has 1 heterocycles. The third kappa shape index (κ3) is 2.79. The topological polar surface area (TPSA) is 99.4 Å². The van der Waals surface area contributed by atoms with Crippen molar-refractivity contribution in [2.24, 2.45) is 0 Å². The van der Waals surface area contributed by atoms with Crippen LogP contribution >= 0.6 is 0 Å². The maximum atomic E-state index is 9.95. The number of aliphatic hydroxyl groups excluding tert-OH is 4. The molecule has 4 N–H and O–H groups in total. The smallest absolute Gasteiger partial charge is 0.229 e. The first-order valence-electron chi connectivity index (χ1n) is 7.06. The van der Waals surface area contributed by atoms with Gasteiger partial charge < -0.3 is 29.9 Å². The van der Waals surface area contributed by atoms with Crippen molar-refractivity contribution in [1.29, 1.82) is 0 Å². The van der Waals surface area contributed by atoms with Gasteiger partial charge in [-0.1, -0.05) is 30.3 Å². The zero-order valence-electron chi connectivity index (χ0n) is 11.7. The fourth-order valence-electron chi connectivity index (χ4n) is 2.54. The first-order valence-corrected chi connectivity index (χ1v) is 7.06. The average Bonchev–Trinajstić information content (AvgIpc) is 2.55. The van der Waals surface area contributed by atoms with Gasteiger partial charge in [0.15, 0.2) is 0 Å². The van der Waals surface area contributed by atoms with Crippen LogP contribution in [0.3, 0.4) is 0 Å². The van der Waals surface area contributed by atoms with E-state index in [2.05, 4.69) is 0 Å². The molecule has 0 aliphatic carbocycles. The highest BCUT2D eigenvalue weighted by molar-refractivity contribution is 5.83. The summed E-state index contributed by atoms with van der Waals surface area (Å²) in [6, 6.07) is 13.1. The van der Waals surface area contributed by atoms with Gasteiger partial charge in [-0.05, 0) is 22.9 Å². The molecule has 3 rings (SSSR count). The number of aliphatic hydroxyl groups is 4. The number of ether oxygens (including phenoxy) is 2. The standard InChI is InChI=1S/C16H18O6/c17-8-12-13(18)14(19)15(20)16(22-12)21-11-6-5-9-3-1-2-4-10(9)7-11/h1-7,12-20H,8H2/t12?,13-,14-,15?,16-/m1/s1. The summed E-state index contributed by atoms with van der Waals surface area (Å²) in [5.74, 6) is 0.461. The summed E-state index contributed by atoms with van der Waals surface area (Å²) in [5, 5.41) is 40.6. The molecule has 118 valence electrons. The number of fused-ring (bicyclic) bond motifs is 1. The number of hydrogen-bond acceptors (Lipinski definition) is 6. The molecule has 0 spiro atoms. The van der Waals surface area contributed by atoms with Gasteiger partial charge >= 0.3 is 0 Å². The van der Waals surface area contributed by atoms with Crippen LogP contribution in [0.1, 0.15) is 0 Å². The van der Waals surface area contributed by atoms with E-state index >= 15 is 0 Å². The summed E-state index contributed by atoms with van der Waals surface area (Å²) in [6.45, 7) is -0.484. The second kappa shape index (κ2) is 6.20. The van der Waals surface area contributed by atoms with Gasteiger partial charge in [-0.25, -0.2) is 0 Å². The van der Waals surface area contributed by atoms with Crippen LogP contribution in [-0.4, -0.2) is 57.7 Å². The van der Waals surface area contributed by atoms with E-state index in [9.17, 15) is 15.3 Å². The first-order chi connectivity index (χ1) is 10.6. The summed E-state index contributed by atoms with van der Waals surface area (Å²) in [6.07, 6.45) is -6.40. The zero-order valence-corrected chi connectivity index (χ0v) is 11.7. The summed E-state index contributed by atoms with van der Waals surface area (Å²) < 4.78 is 10.9. The predicted octanol–water partition coefficient (Wildman–Crippen LogP) is 0.0185. The Labute approximate surface area is 127 Å². The Morgan fingerprint density at radius 1 is 0.909 bits per heavy atom. The summed E-state index contributed by atoms with van der Waals surface area (Å²) in [5.41, 5.74) is 0. The third-order valence-corrected chi connectivity index (χ3v) is 3.82. The first kappa shape index (κ1) is 15.2. The molecule has 6 heteroatoms. The van der Waals surface area contributed by atoms with Gasteiger partial charge in [-0.3, -0.25) is 0 Å². The fourth-order valence-corrected chi connectivity index (χ4v) is 2.54. The molecular weight excluding hydrogens is 288 g/mol. The molecule has 2 aromatic carbocycles. The lowest BCUT2D eigenvalue weighted by Crippen LogP contribution is -2.60. The van der Waals surface area contributed by atoms with E-state index in [-0.39, 0.29) is 0 Å². The van der Waals surface area contributed by atoms with Gasteiger partial charge in [-0.2, -0.15) is 0 Å². The second-order valence-corrected chi connectivity index (χ2v) is 5.32. The van der Waals surface area contributed by atoms with Gasteiger partial charge in [0.2, 0.25) is 6.29 Å².